The second-order valence-electron chi connectivity index (χ2n) is 10.2. The van der Waals surface area contributed by atoms with Crippen molar-refractivity contribution in [2.45, 2.75) is 26.9 Å². The smallest absolute Gasteiger partial charge is 0.420 e. The predicted octanol–water partition coefficient (Wildman–Crippen LogP) is 6.75. The molecular weight excluding hydrogens is 653 g/mol. The van der Waals surface area contributed by atoms with Gasteiger partial charge in [-0.3, -0.25) is 0 Å². The Bertz CT molecular complexity index is 1810. The van der Waals surface area contributed by atoms with Gasteiger partial charge in [0.2, 0.25) is 13.6 Å². The molecule has 0 amide bonds. The Morgan fingerprint density at radius 3 is 1.37 bits per heavy atom. The van der Waals surface area contributed by atoms with E-state index in [1.807, 2.05) is 0 Å². The van der Waals surface area contributed by atoms with E-state index in [0.717, 1.165) is 31.2 Å². The first-order valence-electron chi connectivity index (χ1n) is 14.0. The molecular formula is C35H29F3O11. The lowest BCUT2D eigenvalue weighted by Crippen LogP contribution is -2.16. The lowest BCUT2D eigenvalue weighted by atomic mass is 10.1. The number of hydrogen-bond donors (Lipinski definition) is 0. The molecule has 0 saturated carbocycles. The summed E-state index contributed by atoms with van der Waals surface area (Å²) in [6.45, 7) is 13.2. The van der Waals surface area contributed by atoms with Gasteiger partial charge < -0.3 is 28.4 Å². The number of carbonyl (C=O) groups excluding carboxylic acids is 5. The van der Waals surface area contributed by atoms with Crippen LogP contribution in [0.4, 0.5) is 13.2 Å². The van der Waals surface area contributed by atoms with Gasteiger partial charge in [-0.15, -0.1) is 0 Å². The molecule has 11 nitrogen and oxygen atoms in total. The molecule has 0 spiro atoms. The Labute approximate surface area is 278 Å². The Morgan fingerprint density at radius 2 is 0.959 bits per heavy atom. The van der Waals surface area contributed by atoms with E-state index in [9.17, 15) is 37.1 Å². The van der Waals surface area contributed by atoms with Crippen LogP contribution in [0.3, 0.4) is 0 Å². The van der Waals surface area contributed by atoms with E-state index in [1.165, 1.54) is 50.2 Å². The zero-order valence-electron chi connectivity index (χ0n) is 26.4. The molecule has 0 aliphatic rings. The van der Waals surface area contributed by atoms with E-state index in [1.54, 1.807) is 0 Å². The maximum Gasteiger partial charge on any atom is 0.420 e. The van der Waals surface area contributed by atoms with Crippen molar-refractivity contribution in [1.29, 1.82) is 0 Å². The van der Waals surface area contributed by atoms with Gasteiger partial charge >= 0.3 is 36.0 Å². The number of hydrogen-bond acceptors (Lipinski definition) is 11. The Kier molecular flexibility index (Phi) is 12.2. The van der Waals surface area contributed by atoms with Gasteiger partial charge in [-0.25, -0.2) is 24.0 Å². The van der Waals surface area contributed by atoms with Crippen molar-refractivity contribution < 1.29 is 65.6 Å². The van der Waals surface area contributed by atoms with Crippen LogP contribution in [-0.2, 0) is 34.7 Å². The fourth-order valence-corrected chi connectivity index (χ4v) is 3.79. The third kappa shape index (κ3) is 10.2. The number of carbonyl (C=O) groups is 5. The Hall–Kier alpha value is -6.18. The van der Waals surface area contributed by atoms with Gasteiger partial charge in [0.05, 0.1) is 16.7 Å². The molecule has 0 N–H and O–H groups in total. The van der Waals surface area contributed by atoms with E-state index in [-0.39, 0.29) is 39.3 Å². The van der Waals surface area contributed by atoms with Gasteiger partial charge in [0.25, 0.3) is 0 Å². The van der Waals surface area contributed by atoms with E-state index in [0.29, 0.717) is 5.56 Å². The van der Waals surface area contributed by atoms with E-state index >= 15 is 0 Å². The largest absolute Gasteiger partial charge is 0.457 e. The van der Waals surface area contributed by atoms with Gasteiger partial charge in [0.1, 0.15) is 22.8 Å². The number of benzene rings is 3. The monoisotopic (exact) mass is 682 g/mol. The topological polar surface area (TPSA) is 141 Å². The lowest BCUT2D eigenvalue weighted by Gasteiger charge is -2.19. The first-order valence-corrected chi connectivity index (χ1v) is 14.0. The van der Waals surface area contributed by atoms with Crippen molar-refractivity contribution in [3.05, 3.63) is 125 Å². The second-order valence-corrected chi connectivity index (χ2v) is 10.2. The van der Waals surface area contributed by atoms with Crippen LogP contribution in [0.2, 0.25) is 0 Å². The maximum absolute atomic E-state index is 14.2. The summed E-state index contributed by atoms with van der Waals surface area (Å²) in [5.41, 5.74) is -1.27. The Morgan fingerprint density at radius 1 is 0.571 bits per heavy atom. The average molecular weight is 683 g/mol. The molecule has 0 unspecified atom stereocenters. The normalized spacial score (nSPS) is 10.7. The predicted molar refractivity (Wildman–Crippen MR) is 166 cm³/mol. The van der Waals surface area contributed by atoms with Crippen molar-refractivity contribution in [1.82, 2.24) is 0 Å². The number of alkyl halides is 3. The van der Waals surface area contributed by atoms with Crippen LogP contribution in [0.5, 0.6) is 11.5 Å². The minimum atomic E-state index is -4.97. The Balaban J connectivity index is 1.69. The summed E-state index contributed by atoms with van der Waals surface area (Å²) in [4.78, 5) is 59.9. The number of halogens is 3. The molecule has 3 aromatic rings. The number of esters is 5. The van der Waals surface area contributed by atoms with Gasteiger partial charge in [-0.1, -0.05) is 31.9 Å². The van der Waals surface area contributed by atoms with Gasteiger partial charge in [-0.05, 0) is 69.3 Å². The summed E-state index contributed by atoms with van der Waals surface area (Å²) in [7, 11) is 0. The van der Waals surface area contributed by atoms with E-state index < -0.39 is 66.5 Å². The van der Waals surface area contributed by atoms with Crippen molar-refractivity contribution in [2.75, 3.05) is 13.6 Å². The van der Waals surface area contributed by atoms with Crippen LogP contribution < -0.4 is 9.47 Å². The fourth-order valence-electron chi connectivity index (χ4n) is 3.79. The summed E-state index contributed by atoms with van der Waals surface area (Å²) >= 11 is 0. The highest BCUT2D eigenvalue weighted by Crippen LogP contribution is 2.43. The van der Waals surface area contributed by atoms with Gasteiger partial charge in [0, 0.05) is 22.3 Å². The molecule has 0 aliphatic carbocycles. The highest BCUT2D eigenvalue weighted by molar-refractivity contribution is 5.94. The zero-order chi connectivity index (χ0) is 36.5. The third-order valence-electron chi connectivity index (χ3n) is 6.35. The molecule has 0 aliphatic heterocycles. The standard InChI is InChI=1S/C35H29F3O11/c1-19(2)30(39)44-17-46-32(41)24-9-7-23(8-10-24)22(6)48-27-15-16-28(29(21(27)5)35(36,37)38)49-34(43)26-13-11-25(12-14-26)33(42)47-18-45-31(40)20(3)4/h7-16H,1,3,6,17-18H2,2,4-5H3. The molecule has 0 fully saturated rings. The van der Waals surface area contributed by atoms with E-state index in [4.69, 9.17) is 23.7 Å². The van der Waals surface area contributed by atoms with Crippen molar-refractivity contribution in [3.8, 4) is 11.5 Å². The van der Waals surface area contributed by atoms with Crippen LogP contribution >= 0.6 is 0 Å². The SMILES string of the molecule is C=C(C)C(=O)OCOC(=O)c1ccc(C(=C)Oc2ccc(OC(=O)c3ccc(C(=O)OCOC(=O)C(=C)C)cc3)c(C(F)(F)F)c2C)cc1. The van der Waals surface area contributed by atoms with Gasteiger partial charge in [0.15, 0.2) is 0 Å². The molecule has 14 heteroatoms. The summed E-state index contributed by atoms with van der Waals surface area (Å²) in [5.74, 6) is -5.45. The summed E-state index contributed by atoms with van der Waals surface area (Å²) < 4.78 is 72.3. The van der Waals surface area contributed by atoms with Crippen LogP contribution in [0, 0.1) is 6.92 Å². The summed E-state index contributed by atoms with van der Waals surface area (Å²) in [6, 6.07) is 12.2. The van der Waals surface area contributed by atoms with Gasteiger partial charge in [-0.2, -0.15) is 13.2 Å². The highest BCUT2D eigenvalue weighted by atomic mass is 19.4. The molecule has 3 aromatic carbocycles. The van der Waals surface area contributed by atoms with Crippen LogP contribution in [0.1, 0.15) is 61.6 Å². The van der Waals surface area contributed by atoms with Crippen molar-refractivity contribution in [3.63, 3.8) is 0 Å². The van der Waals surface area contributed by atoms with E-state index in [2.05, 4.69) is 24.5 Å². The second kappa shape index (κ2) is 16.1. The molecule has 0 radical (unpaired) electrons. The first-order chi connectivity index (χ1) is 23.0. The van der Waals surface area contributed by atoms with Crippen LogP contribution in [-0.4, -0.2) is 43.4 Å². The molecule has 49 heavy (non-hydrogen) atoms. The zero-order valence-corrected chi connectivity index (χ0v) is 26.4. The minimum Gasteiger partial charge on any atom is -0.457 e. The molecule has 3 rings (SSSR count). The van der Waals surface area contributed by atoms with Crippen LogP contribution in [0.15, 0.2) is 91.5 Å². The molecule has 0 aromatic heterocycles. The summed E-state index contributed by atoms with van der Waals surface area (Å²) in [5, 5.41) is 0. The first kappa shape index (κ1) is 37.3. The average Bonchev–Trinajstić information content (AvgIpc) is 3.05. The van der Waals surface area contributed by atoms with Crippen LogP contribution in [0.25, 0.3) is 5.76 Å². The molecule has 0 saturated heterocycles. The quantitative estimate of drug-likeness (QED) is 0.0622. The minimum absolute atomic E-state index is 0.0346. The maximum atomic E-state index is 14.2. The highest BCUT2D eigenvalue weighted by Gasteiger charge is 2.38. The third-order valence-corrected chi connectivity index (χ3v) is 6.35. The molecule has 0 heterocycles. The van der Waals surface area contributed by atoms with Crippen molar-refractivity contribution in [2.24, 2.45) is 0 Å². The fraction of sp³-hybridized carbons (Fsp3) is 0.171. The molecule has 0 atom stereocenters. The number of rotatable bonds is 13. The molecule has 0 bridgehead atoms. The van der Waals surface area contributed by atoms with Crippen molar-refractivity contribution >= 4 is 35.6 Å². The number of ether oxygens (including phenoxy) is 6. The lowest BCUT2D eigenvalue weighted by molar-refractivity contribution is -0.148. The summed E-state index contributed by atoms with van der Waals surface area (Å²) in [6.07, 6.45) is -4.97. The molecule has 256 valence electrons.